The van der Waals surface area contributed by atoms with E-state index in [1.807, 2.05) is 19.2 Å². The monoisotopic (exact) mass is 418 g/mol. The van der Waals surface area contributed by atoms with Crippen molar-refractivity contribution in [2.24, 2.45) is 0 Å². The van der Waals surface area contributed by atoms with Crippen LogP contribution in [0.25, 0.3) is 0 Å². The topological polar surface area (TPSA) is 35.0 Å². The molecule has 0 saturated carbocycles. The molecule has 2 aromatic heterocycles. The standard InChI is InChI=1S/C22H31BrN2O/c1-3-18(19-15-21(26-4-2)17-24-16-19)11-8-6-5-7-9-12-20-13-10-14-22(23)25-20/h10,13-18H,3-9,11-12H2,1-2H3/t18-/m1/s1. The van der Waals surface area contributed by atoms with E-state index in [0.717, 1.165) is 23.2 Å². The number of aromatic nitrogens is 2. The second-order valence-corrected chi connectivity index (χ2v) is 7.56. The van der Waals surface area contributed by atoms with E-state index in [4.69, 9.17) is 4.74 Å². The molecule has 0 fully saturated rings. The van der Waals surface area contributed by atoms with Crippen LogP contribution in [-0.2, 0) is 6.42 Å². The molecule has 26 heavy (non-hydrogen) atoms. The number of pyridine rings is 2. The zero-order chi connectivity index (χ0) is 18.6. The van der Waals surface area contributed by atoms with E-state index in [1.54, 1.807) is 6.20 Å². The third kappa shape index (κ3) is 7.45. The van der Waals surface area contributed by atoms with Crippen LogP contribution in [0.1, 0.15) is 76.0 Å². The van der Waals surface area contributed by atoms with Crippen molar-refractivity contribution in [3.8, 4) is 5.75 Å². The Morgan fingerprint density at radius 1 is 1.04 bits per heavy atom. The molecule has 0 aromatic carbocycles. The summed E-state index contributed by atoms with van der Waals surface area (Å²) in [6, 6.07) is 8.32. The molecule has 1 atom stereocenters. The molecule has 0 amide bonds. The lowest BCUT2D eigenvalue weighted by molar-refractivity contribution is 0.338. The summed E-state index contributed by atoms with van der Waals surface area (Å²) in [6.45, 7) is 4.97. The Morgan fingerprint density at radius 3 is 2.62 bits per heavy atom. The molecule has 0 N–H and O–H groups in total. The van der Waals surface area contributed by atoms with Gasteiger partial charge in [0.25, 0.3) is 0 Å². The third-order valence-electron chi connectivity index (χ3n) is 4.77. The largest absolute Gasteiger partial charge is 0.492 e. The normalized spacial score (nSPS) is 12.1. The summed E-state index contributed by atoms with van der Waals surface area (Å²) in [4.78, 5) is 8.84. The highest BCUT2D eigenvalue weighted by atomic mass is 79.9. The Kier molecular flexibility index (Phi) is 9.68. The molecule has 2 heterocycles. The zero-order valence-corrected chi connectivity index (χ0v) is 17.7. The van der Waals surface area contributed by atoms with Gasteiger partial charge in [0.15, 0.2) is 0 Å². The first-order valence-corrected chi connectivity index (χ1v) is 10.7. The summed E-state index contributed by atoms with van der Waals surface area (Å²) < 4.78 is 6.52. The number of rotatable bonds is 12. The van der Waals surface area contributed by atoms with Crippen molar-refractivity contribution >= 4 is 15.9 Å². The first-order valence-electron chi connectivity index (χ1n) is 9.92. The first kappa shape index (κ1) is 20.9. The average Bonchev–Trinajstić information content (AvgIpc) is 2.65. The molecular weight excluding hydrogens is 388 g/mol. The van der Waals surface area contributed by atoms with Crippen molar-refractivity contribution in [1.29, 1.82) is 0 Å². The molecule has 0 saturated heterocycles. The highest BCUT2D eigenvalue weighted by Crippen LogP contribution is 2.27. The molecule has 0 radical (unpaired) electrons. The number of hydrogen-bond donors (Lipinski definition) is 0. The van der Waals surface area contributed by atoms with E-state index in [2.05, 4.69) is 51.0 Å². The van der Waals surface area contributed by atoms with Crippen LogP contribution in [0.5, 0.6) is 5.75 Å². The summed E-state index contributed by atoms with van der Waals surface area (Å²) >= 11 is 3.43. The van der Waals surface area contributed by atoms with E-state index in [0.29, 0.717) is 12.5 Å². The molecule has 0 unspecified atom stereocenters. The Balaban J connectivity index is 1.64. The van der Waals surface area contributed by atoms with Crippen molar-refractivity contribution in [1.82, 2.24) is 9.97 Å². The predicted octanol–water partition coefficient (Wildman–Crippen LogP) is 6.71. The Hall–Kier alpha value is -1.42. The number of unbranched alkanes of at least 4 members (excludes halogenated alkanes) is 4. The van der Waals surface area contributed by atoms with Crippen LogP contribution in [-0.4, -0.2) is 16.6 Å². The molecular formula is C22H31BrN2O. The van der Waals surface area contributed by atoms with Crippen molar-refractivity contribution < 1.29 is 4.74 Å². The second-order valence-electron chi connectivity index (χ2n) is 6.75. The quantitative estimate of drug-likeness (QED) is 0.283. The van der Waals surface area contributed by atoms with Gasteiger partial charge in [-0.2, -0.15) is 0 Å². The van der Waals surface area contributed by atoms with Crippen LogP contribution in [0.15, 0.2) is 41.3 Å². The molecule has 2 aromatic rings. The smallest absolute Gasteiger partial charge is 0.137 e. The van der Waals surface area contributed by atoms with E-state index >= 15 is 0 Å². The minimum Gasteiger partial charge on any atom is -0.492 e. The van der Waals surface area contributed by atoms with Crippen molar-refractivity contribution in [3.63, 3.8) is 0 Å². The van der Waals surface area contributed by atoms with Gasteiger partial charge in [-0.05, 0) is 78.2 Å². The zero-order valence-electron chi connectivity index (χ0n) is 16.1. The van der Waals surface area contributed by atoms with Gasteiger partial charge < -0.3 is 4.74 Å². The predicted molar refractivity (Wildman–Crippen MR) is 112 cm³/mol. The molecule has 0 bridgehead atoms. The lowest BCUT2D eigenvalue weighted by Gasteiger charge is -2.16. The molecule has 0 aliphatic carbocycles. The minimum absolute atomic E-state index is 0.591. The van der Waals surface area contributed by atoms with Crippen LogP contribution in [0.2, 0.25) is 0 Å². The fourth-order valence-corrected chi connectivity index (χ4v) is 3.71. The van der Waals surface area contributed by atoms with Gasteiger partial charge in [0, 0.05) is 11.9 Å². The van der Waals surface area contributed by atoms with E-state index in [1.165, 1.54) is 49.8 Å². The molecule has 142 valence electrons. The number of ether oxygens (including phenoxy) is 1. The summed E-state index contributed by atoms with van der Waals surface area (Å²) in [5.41, 5.74) is 2.51. The van der Waals surface area contributed by atoms with Gasteiger partial charge in [-0.1, -0.05) is 38.7 Å². The fraction of sp³-hybridized carbons (Fsp3) is 0.545. The molecule has 0 aliphatic rings. The van der Waals surface area contributed by atoms with Crippen molar-refractivity contribution in [2.45, 2.75) is 71.1 Å². The van der Waals surface area contributed by atoms with Crippen molar-refractivity contribution in [3.05, 3.63) is 52.5 Å². The van der Waals surface area contributed by atoms with Gasteiger partial charge in [0.1, 0.15) is 10.4 Å². The maximum Gasteiger partial charge on any atom is 0.137 e. The molecule has 3 nitrogen and oxygen atoms in total. The SMILES string of the molecule is CCOc1cncc([C@H](CC)CCCCCCCc2cccc(Br)n2)c1. The number of hydrogen-bond acceptors (Lipinski definition) is 3. The van der Waals surface area contributed by atoms with Crippen LogP contribution in [0.4, 0.5) is 0 Å². The van der Waals surface area contributed by atoms with Crippen LogP contribution < -0.4 is 4.74 Å². The van der Waals surface area contributed by atoms with Crippen molar-refractivity contribution in [2.75, 3.05) is 6.61 Å². The van der Waals surface area contributed by atoms with Gasteiger partial charge >= 0.3 is 0 Å². The summed E-state index contributed by atoms with van der Waals surface area (Å²) in [5, 5.41) is 0. The van der Waals surface area contributed by atoms with Crippen LogP contribution >= 0.6 is 15.9 Å². The van der Waals surface area contributed by atoms with Gasteiger partial charge in [0.2, 0.25) is 0 Å². The summed E-state index contributed by atoms with van der Waals surface area (Å²) in [6.07, 6.45) is 13.7. The van der Waals surface area contributed by atoms with Crippen LogP contribution in [0, 0.1) is 0 Å². The highest BCUT2D eigenvalue weighted by Gasteiger charge is 2.10. The van der Waals surface area contributed by atoms with Gasteiger partial charge in [-0.15, -0.1) is 0 Å². The molecule has 0 aliphatic heterocycles. The minimum atomic E-state index is 0.591. The van der Waals surface area contributed by atoms with E-state index in [9.17, 15) is 0 Å². The van der Waals surface area contributed by atoms with E-state index < -0.39 is 0 Å². The maximum atomic E-state index is 5.58. The van der Waals surface area contributed by atoms with Gasteiger partial charge in [0.05, 0.1) is 12.8 Å². The van der Waals surface area contributed by atoms with E-state index in [-0.39, 0.29) is 0 Å². The van der Waals surface area contributed by atoms with Gasteiger partial charge in [-0.25, -0.2) is 4.98 Å². The van der Waals surface area contributed by atoms with Gasteiger partial charge in [-0.3, -0.25) is 4.98 Å². The summed E-state index contributed by atoms with van der Waals surface area (Å²) in [7, 11) is 0. The molecule has 4 heteroatoms. The summed E-state index contributed by atoms with van der Waals surface area (Å²) in [5.74, 6) is 1.48. The Morgan fingerprint density at radius 2 is 1.85 bits per heavy atom. The second kappa shape index (κ2) is 12.1. The molecule has 2 rings (SSSR count). The fourth-order valence-electron chi connectivity index (χ4n) is 3.33. The molecule has 0 spiro atoms. The lowest BCUT2D eigenvalue weighted by Crippen LogP contribution is -2.00. The highest BCUT2D eigenvalue weighted by molar-refractivity contribution is 9.10. The number of aryl methyl sites for hydroxylation is 1. The first-order chi connectivity index (χ1) is 12.7. The third-order valence-corrected chi connectivity index (χ3v) is 5.21. The average molecular weight is 419 g/mol. The number of nitrogens with zero attached hydrogens (tertiary/aromatic N) is 2. The number of halogens is 1. The Bertz CT molecular complexity index is 648. The van der Waals surface area contributed by atoms with Crippen LogP contribution in [0.3, 0.4) is 0 Å². The lowest BCUT2D eigenvalue weighted by atomic mass is 9.91. The Labute approximate surface area is 166 Å². The maximum absolute atomic E-state index is 5.58.